The number of halogens is 4. The summed E-state index contributed by atoms with van der Waals surface area (Å²) in [5.74, 6) is -1.15. The zero-order chi connectivity index (χ0) is 19.8. The summed E-state index contributed by atoms with van der Waals surface area (Å²) in [6, 6.07) is 3.86. The largest absolute Gasteiger partial charge is 0.333 e. The molecule has 0 saturated heterocycles. The van der Waals surface area contributed by atoms with Crippen LogP contribution in [-0.4, -0.2) is 29.9 Å². The van der Waals surface area contributed by atoms with Crippen LogP contribution in [0.15, 0.2) is 41.3 Å². The molecule has 0 bridgehead atoms. The highest BCUT2D eigenvalue weighted by molar-refractivity contribution is 5.68. The topological polar surface area (TPSA) is 82.5 Å². The Morgan fingerprint density at radius 2 is 1.89 bits per heavy atom. The Kier molecular flexibility index (Phi) is 4.34. The van der Waals surface area contributed by atoms with Crippen LogP contribution in [0.5, 0.6) is 0 Å². The summed E-state index contributed by atoms with van der Waals surface area (Å²) in [6.45, 7) is -1.43. The lowest BCUT2D eigenvalue weighted by Gasteiger charge is -2.05. The van der Waals surface area contributed by atoms with Gasteiger partial charge in [0.25, 0.3) is 5.89 Å². The molecule has 0 aliphatic rings. The molecule has 0 spiro atoms. The van der Waals surface area contributed by atoms with Gasteiger partial charge in [-0.15, -0.1) is 0 Å². The molecule has 0 aliphatic carbocycles. The number of hydrogen-bond acceptors (Lipinski definition) is 6. The Bertz CT molecular complexity index is 1140. The van der Waals surface area contributed by atoms with Crippen molar-refractivity contribution in [1.82, 2.24) is 29.9 Å². The van der Waals surface area contributed by atoms with E-state index in [-0.39, 0.29) is 39.9 Å². The SMILES string of the molecule is Cc1nc(-c2nc(-c3ccc(F)cn3)no2)cc(-c2cnn(C(F)F)c2)c1F. The van der Waals surface area contributed by atoms with Crippen LogP contribution in [0.25, 0.3) is 34.2 Å². The van der Waals surface area contributed by atoms with Gasteiger partial charge in [-0.1, -0.05) is 5.16 Å². The molecule has 7 nitrogen and oxygen atoms in total. The van der Waals surface area contributed by atoms with Gasteiger partial charge in [0.1, 0.15) is 17.2 Å². The van der Waals surface area contributed by atoms with Crippen LogP contribution in [0.2, 0.25) is 0 Å². The zero-order valence-electron chi connectivity index (χ0n) is 14.1. The van der Waals surface area contributed by atoms with Crippen molar-refractivity contribution >= 4 is 0 Å². The minimum Gasteiger partial charge on any atom is -0.332 e. The van der Waals surface area contributed by atoms with Gasteiger partial charge in [0.05, 0.1) is 18.1 Å². The fraction of sp³-hybridized carbons (Fsp3) is 0.118. The Morgan fingerprint density at radius 1 is 1.07 bits per heavy atom. The van der Waals surface area contributed by atoms with Gasteiger partial charge in [-0.2, -0.15) is 18.9 Å². The fourth-order valence-electron chi connectivity index (χ4n) is 2.50. The molecule has 0 aliphatic heterocycles. The first-order valence-corrected chi connectivity index (χ1v) is 7.88. The van der Waals surface area contributed by atoms with Gasteiger partial charge in [0.2, 0.25) is 5.82 Å². The monoisotopic (exact) mass is 390 g/mol. The van der Waals surface area contributed by atoms with Gasteiger partial charge in [0, 0.05) is 17.3 Å². The predicted octanol–water partition coefficient (Wildman–Crippen LogP) is 4.04. The van der Waals surface area contributed by atoms with E-state index in [1.165, 1.54) is 25.1 Å². The standard InChI is InChI=1S/C17H10F4N6O/c1-8-14(19)11(9-5-23-27(7-9)17(20)21)4-13(24-8)16-25-15(26-28-16)12-3-2-10(18)6-22-12/h2-7,17H,1H3. The molecule has 0 aromatic carbocycles. The Morgan fingerprint density at radius 3 is 2.57 bits per heavy atom. The van der Waals surface area contributed by atoms with Crippen LogP contribution in [-0.2, 0) is 0 Å². The minimum atomic E-state index is -2.85. The summed E-state index contributed by atoms with van der Waals surface area (Å²) in [5.41, 5.74) is 0.573. The van der Waals surface area contributed by atoms with Crippen molar-refractivity contribution in [3.05, 3.63) is 54.1 Å². The van der Waals surface area contributed by atoms with Crippen molar-refractivity contribution in [3.8, 4) is 34.2 Å². The van der Waals surface area contributed by atoms with Crippen molar-refractivity contribution in [3.63, 3.8) is 0 Å². The van der Waals surface area contributed by atoms with Gasteiger partial charge in [0.15, 0.2) is 5.82 Å². The number of rotatable bonds is 4. The highest BCUT2D eigenvalue weighted by Crippen LogP contribution is 2.29. The lowest BCUT2D eigenvalue weighted by Crippen LogP contribution is -1.97. The molecule has 0 saturated carbocycles. The van der Waals surface area contributed by atoms with Crippen LogP contribution < -0.4 is 0 Å². The number of aromatic nitrogens is 6. The second kappa shape index (κ2) is 6.83. The highest BCUT2D eigenvalue weighted by Gasteiger charge is 2.19. The smallest absolute Gasteiger partial charge is 0.332 e. The average Bonchev–Trinajstić information content (AvgIpc) is 3.34. The number of pyridine rings is 2. The van der Waals surface area contributed by atoms with Gasteiger partial charge < -0.3 is 4.52 Å². The second-order valence-electron chi connectivity index (χ2n) is 5.73. The maximum absolute atomic E-state index is 14.5. The second-order valence-corrected chi connectivity index (χ2v) is 5.73. The maximum Gasteiger partial charge on any atom is 0.333 e. The number of aryl methyl sites for hydroxylation is 1. The molecule has 4 heterocycles. The molecule has 11 heteroatoms. The minimum absolute atomic E-state index is 0.00839. The van der Waals surface area contributed by atoms with Gasteiger partial charge in [-0.3, -0.25) is 0 Å². The van der Waals surface area contributed by atoms with Crippen molar-refractivity contribution in [2.24, 2.45) is 0 Å². The van der Waals surface area contributed by atoms with Crippen LogP contribution >= 0.6 is 0 Å². The van der Waals surface area contributed by atoms with Gasteiger partial charge >= 0.3 is 6.55 Å². The highest BCUT2D eigenvalue weighted by atomic mass is 19.3. The van der Waals surface area contributed by atoms with Crippen LogP contribution in [0, 0.1) is 18.6 Å². The van der Waals surface area contributed by atoms with Crippen LogP contribution in [0.1, 0.15) is 12.2 Å². The summed E-state index contributed by atoms with van der Waals surface area (Å²) < 4.78 is 58.5. The van der Waals surface area contributed by atoms with Crippen molar-refractivity contribution < 1.29 is 22.1 Å². The number of nitrogens with zero attached hydrogens (tertiary/aromatic N) is 6. The molecule has 0 atom stereocenters. The molecule has 28 heavy (non-hydrogen) atoms. The van der Waals surface area contributed by atoms with E-state index in [0.29, 0.717) is 4.68 Å². The normalized spacial score (nSPS) is 11.4. The van der Waals surface area contributed by atoms with Crippen LogP contribution in [0.3, 0.4) is 0 Å². The molecule has 4 aromatic rings. The first kappa shape index (κ1) is 17.8. The molecule has 0 radical (unpaired) electrons. The van der Waals surface area contributed by atoms with E-state index in [1.54, 1.807) is 0 Å². The predicted molar refractivity (Wildman–Crippen MR) is 87.9 cm³/mol. The van der Waals surface area contributed by atoms with Crippen LogP contribution in [0.4, 0.5) is 17.6 Å². The van der Waals surface area contributed by atoms with E-state index in [4.69, 9.17) is 4.52 Å². The van der Waals surface area contributed by atoms with E-state index in [0.717, 1.165) is 18.6 Å². The van der Waals surface area contributed by atoms with Crippen molar-refractivity contribution in [2.75, 3.05) is 0 Å². The van der Waals surface area contributed by atoms with Gasteiger partial charge in [-0.25, -0.2) is 23.4 Å². The quantitative estimate of drug-likeness (QED) is 0.489. The zero-order valence-corrected chi connectivity index (χ0v) is 14.1. The molecule has 4 rings (SSSR count). The molecule has 0 amide bonds. The summed E-state index contributed by atoms with van der Waals surface area (Å²) >= 11 is 0. The molecule has 0 unspecified atom stereocenters. The molecular formula is C17H10F4N6O. The Hall–Kier alpha value is -3.63. The Balaban J connectivity index is 1.74. The molecule has 0 N–H and O–H groups in total. The number of alkyl halides is 2. The number of hydrogen-bond donors (Lipinski definition) is 0. The molecule has 0 fully saturated rings. The third-order valence-electron chi connectivity index (χ3n) is 3.84. The van der Waals surface area contributed by atoms with Gasteiger partial charge in [-0.05, 0) is 25.1 Å². The van der Waals surface area contributed by atoms with E-state index in [9.17, 15) is 17.6 Å². The first-order valence-electron chi connectivity index (χ1n) is 7.88. The van der Waals surface area contributed by atoms with Crippen molar-refractivity contribution in [2.45, 2.75) is 13.5 Å². The summed E-state index contributed by atoms with van der Waals surface area (Å²) in [4.78, 5) is 12.0. The summed E-state index contributed by atoms with van der Waals surface area (Å²) in [5, 5.41) is 7.26. The Labute approximate surface area is 154 Å². The fourth-order valence-corrected chi connectivity index (χ4v) is 2.50. The average molecular weight is 390 g/mol. The molecule has 142 valence electrons. The molecular weight excluding hydrogens is 380 g/mol. The lowest BCUT2D eigenvalue weighted by molar-refractivity contribution is 0.0566. The first-order chi connectivity index (χ1) is 13.4. The van der Waals surface area contributed by atoms with E-state index in [2.05, 4.69) is 25.2 Å². The van der Waals surface area contributed by atoms with E-state index >= 15 is 0 Å². The van der Waals surface area contributed by atoms with E-state index in [1.807, 2.05) is 0 Å². The summed E-state index contributed by atoms with van der Waals surface area (Å²) in [7, 11) is 0. The third kappa shape index (κ3) is 3.21. The summed E-state index contributed by atoms with van der Waals surface area (Å²) in [6.07, 6.45) is 3.15. The third-order valence-corrected chi connectivity index (χ3v) is 3.84. The van der Waals surface area contributed by atoms with Crippen molar-refractivity contribution in [1.29, 1.82) is 0 Å². The lowest BCUT2D eigenvalue weighted by atomic mass is 10.1. The van der Waals surface area contributed by atoms with E-state index < -0.39 is 18.2 Å². The molecule has 4 aromatic heterocycles. The maximum atomic E-state index is 14.5.